The van der Waals surface area contributed by atoms with Crippen molar-refractivity contribution in [1.82, 2.24) is 5.32 Å². The lowest BCUT2D eigenvalue weighted by Gasteiger charge is -2.76. The summed E-state index contributed by atoms with van der Waals surface area (Å²) in [5.41, 5.74) is -1.50. The number of rotatable bonds is 4. The van der Waals surface area contributed by atoms with E-state index in [2.05, 4.69) is 5.32 Å². The van der Waals surface area contributed by atoms with Gasteiger partial charge in [-0.1, -0.05) is 0 Å². The zero-order chi connectivity index (χ0) is 16.5. The molecule has 5 nitrogen and oxygen atoms in total. The Labute approximate surface area is 130 Å². The molecule has 2 N–H and O–H groups in total. The van der Waals surface area contributed by atoms with Crippen LogP contribution in [0.15, 0.2) is 18.2 Å². The van der Waals surface area contributed by atoms with Gasteiger partial charge in [-0.25, -0.2) is 8.78 Å². The maximum Gasteiger partial charge on any atom is 0.314 e. The van der Waals surface area contributed by atoms with Crippen LogP contribution in [-0.2, 0) is 9.53 Å². The smallest absolute Gasteiger partial charge is 0.314 e. The minimum absolute atomic E-state index is 0.0580. The van der Waals surface area contributed by atoms with Crippen LogP contribution >= 0.6 is 0 Å². The van der Waals surface area contributed by atoms with E-state index in [1.54, 1.807) is 0 Å². The Morgan fingerprint density at radius 1 is 1.13 bits per heavy atom. The number of ether oxygens (including phenoxy) is 1. The predicted molar refractivity (Wildman–Crippen MR) is 73.7 cm³/mol. The maximum absolute atomic E-state index is 13.2. The van der Waals surface area contributed by atoms with E-state index in [9.17, 15) is 23.5 Å². The third-order valence-corrected chi connectivity index (χ3v) is 5.71. The molecule has 2 bridgehead atoms. The molecule has 1 amide bonds. The molecular formula is C16H15F2NO4. The summed E-state index contributed by atoms with van der Waals surface area (Å²) in [6.07, 6.45) is 1.77. The summed E-state index contributed by atoms with van der Waals surface area (Å²) in [5.74, 6) is -3.38. The van der Waals surface area contributed by atoms with Gasteiger partial charge >= 0.3 is 5.97 Å². The molecule has 1 saturated heterocycles. The highest BCUT2D eigenvalue weighted by atomic mass is 19.2. The second-order valence-electron chi connectivity index (χ2n) is 7.05. The van der Waals surface area contributed by atoms with Crippen molar-refractivity contribution in [2.24, 2.45) is 10.8 Å². The number of hydrogen-bond acceptors (Lipinski definition) is 3. The summed E-state index contributed by atoms with van der Waals surface area (Å²) in [7, 11) is 0. The third-order valence-electron chi connectivity index (χ3n) is 5.71. The number of amides is 1. The summed E-state index contributed by atoms with van der Waals surface area (Å²) in [5, 5.41) is 12.3. The zero-order valence-corrected chi connectivity index (χ0v) is 12.2. The van der Waals surface area contributed by atoms with Crippen molar-refractivity contribution in [3.8, 4) is 0 Å². The van der Waals surface area contributed by atoms with E-state index >= 15 is 0 Å². The van der Waals surface area contributed by atoms with Gasteiger partial charge in [-0.15, -0.1) is 0 Å². The Kier molecular flexibility index (Phi) is 2.71. The molecule has 0 unspecified atom stereocenters. The van der Waals surface area contributed by atoms with Crippen molar-refractivity contribution < 1.29 is 28.2 Å². The molecule has 7 heteroatoms. The number of carbonyl (C=O) groups excluding carboxylic acids is 1. The minimum atomic E-state index is -1.07. The molecule has 1 aromatic rings. The fraction of sp³-hybridized carbons (Fsp3) is 0.500. The Balaban J connectivity index is 1.44. The molecule has 0 aromatic heterocycles. The van der Waals surface area contributed by atoms with Gasteiger partial charge in [0.1, 0.15) is 5.41 Å². The summed E-state index contributed by atoms with van der Waals surface area (Å²) in [6.45, 7) is 0.436. The lowest BCUT2D eigenvalue weighted by Crippen LogP contribution is -2.83. The molecule has 3 aliphatic carbocycles. The van der Waals surface area contributed by atoms with Crippen LogP contribution in [0.3, 0.4) is 0 Å². The minimum Gasteiger partial charge on any atom is -0.481 e. The van der Waals surface area contributed by atoms with Gasteiger partial charge in [-0.2, -0.15) is 0 Å². The van der Waals surface area contributed by atoms with Crippen LogP contribution in [0, 0.1) is 22.5 Å². The van der Waals surface area contributed by atoms with Crippen LogP contribution in [0.2, 0.25) is 0 Å². The first-order chi connectivity index (χ1) is 10.8. The third kappa shape index (κ3) is 1.74. The highest BCUT2D eigenvalue weighted by molar-refractivity contribution is 5.95. The van der Waals surface area contributed by atoms with Crippen molar-refractivity contribution in [2.45, 2.75) is 24.8 Å². The molecule has 4 aliphatic rings. The van der Waals surface area contributed by atoms with E-state index in [1.165, 1.54) is 6.07 Å². The molecule has 5 rings (SSSR count). The molecule has 1 heterocycles. The number of carboxylic acid groups (broad SMARTS) is 1. The molecule has 1 aliphatic heterocycles. The van der Waals surface area contributed by atoms with Crippen LogP contribution in [0.1, 0.15) is 29.6 Å². The molecule has 3 saturated carbocycles. The number of halogens is 2. The maximum atomic E-state index is 13.2. The van der Waals surface area contributed by atoms with E-state index in [4.69, 9.17) is 4.74 Å². The molecule has 0 spiro atoms. The molecule has 0 atom stereocenters. The van der Waals surface area contributed by atoms with Crippen LogP contribution in [0.4, 0.5) is 8.78 Å². The van der Waals surface area contributed by atoms with Crippen molar-refractivity contribution in [3.63, 3.8) is 0 Å². The van der Waals surface area contributed by atoms with Crippen LogP contribution in [0.25, 0.3) is 0 Å². The standard InChI is InChI=1S/C16H15F2NO4/c17-10-2-1-9(3-11(10)18)12(20)19-15-4-14(5-15,6-15)16(13(21)22)7-23-8-16/h1-3H,4-8H2,(H,19,20)(H,21,22). The average molecular weight is 323 g/mol. The number of carboxylic acids is 1. The molecule has 1 aromatic carbocycles. The van der Waals surface area contributed by atoms with E-state index < -0.39 is 34.5 Å². The molecular weight excluding hydrogens is 308 g/mol. The Bertz CT molecular complexity index is 709. The van der Waals surface area contributed by atoms with E-state index in [0.29, 0.717) is 19.3 Å². The predicted octanol–water partition coefficient (Wildman–Crippen LogP) is 1.72. The highest BCUT2D eigenvalue weighted by Crippen LogP contribution is 2.75. The van der Waals surface area contributed by atoms with Crippen molar-refractivity contribution in [3.05, 3.63) is 35.4 Å². The number of benzene rings is 1. The topological polar surface area (TPSA) is 75.6 Å². The molecule has 4 fully saturated rings. The quantitative estimate of drug-likeness (QED) is 0.885. The van der Waals surface area contributed by atoms with Gasteiger partial charge in [0, 0.05) is 11.1 Å². The first-order valence-electron chi connectivity index (χ1n) is 7.40. The number of hydrogen-bond donors (Lipinski definition) is 2. The normalized spacial score (nSPS) is 33.0. The highest BCUT2D eigenvalue weighted by Gasteiger charge is 2.79. The first-order valence-corrected chi connectivity index (χ1v) is 7.40. The Morgan fingerprint density at radius 3 is 2.26 bits per heavy atom. The van der Waals surface area contributed by atoms with Gasteiger partial charge in [0.25, 0.3) is 5.91 Å². The van der Waals surface area contributed by atoms with Gasteiger partial charge in [-0.3, -0.25) is 9.59 Å². The van der Waals surface area contributed by atoms with Crippen LogP contribution in [-0.4, -0.2) is 35.7 Å². The Morgan fingerprint density at radius 2 is 1.78 bits per heavy atom. The Hall–Kier alpha value is -2.02. The van der Waals surface area contributed by atoms with Crippen molar-refractivity contribution >= 4 is 11.9 Å². The van der Waals surface area contributed by atoms with Crippen molar-refractivity contribution in [1.29, 1.82) is 0 Å². The van der Waals surface area contributed by atoms with Crippen LogP contribution in [0.5, 0.6) is 0 Å². The van der Waals surface area contributed by atoms with Gasteiger partial charge in [0.2, 0.25) is 0 Å². The largest absolute Gasteiger partial charge is 0.481 e. The van der Waals surface area contributed by atoms with Gasteiger partial charge < -0.3 is 15.2 Å². The van der Waals surface area contributed by atoms with Gasteiger partial charge in [0.15, 0.2) is 11.6 Å². The number of carbonyl (C=O) groups is 2. The van der Waals surface area contributed by atoms with E-state index in [-0.39, 0.29) is 24.2 Å². The summed E-state index contributed by atoms with van der Waals surface area (Å²) in [6, 6.07) is 3.01. The molecule has 122 valence electrons. The number of aliphatic carboxylic acids is 1. The summed E-state index contributed by atoms with van der Waals surface area (Å²) >= 11 is 0. The fourth-order valence-corrected chi connectivity index (χ4v) is 4.34. The van der Waals surface area contributed by atoms with Crippen molar-refractivity contribution in [2.75, 3.05) is 13.2 Å². The number of nitrogens with one attached hydrogen (secondary N) is 1. The zero-order valence-electron chi connectivity index (χ0n) is 12.2. The van der Waals surface area contributed by atoms with Gasteiger partial charge in [-0.05, 0) is 42.9 Å². The second kappa shape index (κ2) is 4.29. The second-order valence-corrected chi connectivity index (χ2v) is 7.05. The fourth-order valence-electron chi connectivity index (χ4n) is 4.34. The SMILES string of the molecule is O=C(NC12CC(C3(C(=O)O)COC3)(C1)C2)c1ccc(F)c(F)c1. The lowest BCUT2D eigenvalue weighted by molar-refractivity contribution is -0.295. The average Bonchev–Trinajstić information content (AvgIpc) is 2.35. The van der Waals surface area contributed by atoms with E-state index in [1.807, 2.05) is 0 Å². The first kappa shape index (κ1) is 14.6. The molecule has 0 radical (unpaired) electrons. The molecule has 23 heavy (non-hydrogen) atoms. The monoisotopic (exact) mass is 323 g/mol. The summed E-state index contributed by atoms with van der Waals surface area (Å²) in [4.78, 5) is 23.7. The van der Waals surface area contributed by atoms with Gasteiger partial charge in [0.05, 0.1) is 13.2 Å². The summed E-state index contributed by atoms with van der Waals surface area (Å²) < 4.78 is 31.2. The lowest BCUT2D eigenvalue weighted by atomic mass is 9.31. The van der Waals surface area contributed by atoms with Crippen LogP contribution < -0.4 is 5.32 Å². The van der Waals surface area contributed by atoms with E-state index in [0.717, 1.165) is 12.1 Å².